The number of hydrogen-bond donors (Lipinski definition) is 5. The fourth-order valence-electron chi connectivity index (χ4n) is 5.89. The smallest absolute Gasteiger partial charge is 0.306 e. The van der Waals surface area contributed by atoms with Crippen molar-refractivity contribution in [1.29, 1.82) is 0 Å². The van der Waals surface area contributed by atoms with Crippen LogP contribution in [-0.2, 0) is 47.6 Å². The summed E-state index contributed by atoms with van der Waals surface area (Å²) in [6.07, 6.45) is -2.76. The second-order valence-corrected chi connectivity index (χ2v) is 14.1. The first-order valence-corrected chi connectivity index (χ1v) is 20.3. The fraction of sp³-hybridized carbons (Fsp3) is 0.897. The minimum absolute atomic E-state index is 0.0133. The molecule has 0 unspecified atom stereocenters. The van der Waals surface area contributed by atoms with Crippen molar-refractivity contribution in [3.8, 4) is 0 Å². The van der Waals surface area contributed by atoms with Crippen LogP contribution in [0.1, 0.15) is 150 Å². The van der Waals surface area contributed by atoms with Gasteiger partial charge in [0.25, 0.3) is 0 Å². The summed E-state index contributed by atoms with van der Waals surface area (Å²) in [6.45, 7) is 5.95. The van der Waals surface area contributed by atoms with E-state index in [1.165, 1.54) is 0 Å². The zero-order chi connectivity index (χ0) is 40.3. The summed E-state index contributed by atoms with van der Waals surface area (Å²) in [5.41, 5.74) is 0. The molecule has 15 heteroatoms. The average molecular weight is 779 g/mol. The van der Waals surface area contributed by atoms with Gasteiger partial charge in [-0.15, -0.1) is 0 Å². The van der Waals surface area contributed by atoms with Gasteiger partial charge in [0, 0.05) is 25.7 Å². The monoisotopic (exact) mass is 778 g/mol. The Morgan fingerprint density at radius 2 is 0.944 bits per heavy atom. The van der Waals surface area contributed by atoms with Crippen LogP contribution in [0.4, 0.5) is 0 Å². The van der Waals surface area contributed by atoms with E-state index in [-0.39, 0.29) is 25.7 Å². The first kappa shape index (κ1) is 49.6. The molecule has 1 heterocycles. The van der Waals surface area contributed by atoms with Crippen molar-refractivity contribution in [2.45, 2.75) is 205 Å². The first-order valence-electron chi connectivity index (χ1n) is 20.3. The van der Waals surface area contributed by atoms with E-state index < -0.39 is 98.8 Å². The molecule has 0 bridgehead atoms. The maximum atomic E-state index is 13.3. The minimum atomic E-state index is -1.98. The third-order valence-corrected chi connectivity index (χ3v) is 9.25. The molecule has 54 heavy (non-hydrogen) atoms. The van der Waals surface area contributed by atoms with Crippen LogP contribution in [0.5, 0.6) is 0 Å². The lowest BCUT2D eigenvalue weighted by Crippen LogP contribution is -2.63. The van der Waals surface area contributed by atoms with Gasteiger partial charge < -0.3 is 54.0 Å². The Balaban J connectivity index is 3.54. The Morgan fingerprint density at radius 3 is 1.46 bits per heavy atom. The zero-order valence-corrected chi connectivity index (χ0v) is 33.1. The molecule has 0 aliphatic carbocycles. The van der Waals surface area contributed by atoms with Crippen LogP contribution in [0.25, 0.3) is 0 Å². The van der Waals surface area contributed by atoms with Crippen LogP contribution in [0.15, 0.2) is 0 Å². The van der Waals surface area contributed by atoms with Crippen LogP contribution < -0.4 is 0 Å². The van der Waals surface area contributed by atoms with Gasteiger partial charge in [-0.3, -0.25) is 19.2 Å². The van der Waals surface area contributed by atoms with Gasteiger partial charge in [-0.05, 0) is 25.7 Å². The summed E-state index contributed by atoms with van der Waals surface area (Å²) < 4.78 is 35.3. The van der Waals surface area contributed by atoms with Crippen LogP contribution in [-0.4, -0.2) is 124 Å². The van der Waals surface area contributed by atoms with Gasteiger partial charge in [0.2, 0.25) is 0 Å². The van der Waals surface area contributed by atoms with Crippen LogP contribution in [0.3, 0.4) is 0 Å². The molecule has 0 saturated carbocycles. The minimum Gasteiger partial charge on any atom is -0.463 e. The number of hydrogen-bond acceptors (Lipinski definition) is 15. The van der Waals surface area contributed by atoms with Crippen LogP contribution in [0.2, 0.25) is 0 Å². The van der Waals surface area contributed by atoms with Gasteiger partial charge in [-0.1, -0.05) is 98.3 Å². The largest absolute Gasteiger partial charge is 0.463 e. The maximum absolute atomic E-state index is 13.3. The van der Waals surface area contributed by atoms with Gasteiger partial charge in [0.05, 0.1) is 13.2 Å². The van der Waals surface area contributed by atoms with E-state index >= 15 is 0 Å². The highest BCUT2D eigenvalue weighted by Crippen LogP contribution is 2.31. The molecule has 1 aliphatic rings. The molecule has 1 rings (SSSR count). The summed E-state index contributed by atoms with van der Waals surface area (Å²) in [4.78, 5) is 52.5. The molecule has 5 N–H and O–H groups in total. The Morgan fingerprint density at radius 1 is 0.537 bits per heavy atom. The molecule has 0 radical (unpaired) electrons. The van der Waals surface area contributed by atoms with E-state index in [0.29, 0.717) is 25.7 Å². The molecule has 1 saturated heterocycles. The fourth-order valence-corrected chi connectivity index (χ4v) is 5.89. The predicted octanol–water partition coefficient (Wildman–Crippen LogP) is 3.93. The molecule has 0 aromatic rings. The lowest BCUT2D eigenvalue weighted by Gasteiger charge is -2.44. The standard InChI is InChI=1S/C39H70O15/c1-5-9-13-14-15-19-23-33(46)54-38-37(53-32(45)22-18-12-8-4)36(52-31(44)21-17-11-7-3)29(26-49-30(43)20-16-10-6-2)51-39(38)50-25-28(42)35(48)34(47)27(41)24-40/h27-29,34-42,47-48H,5-26H2,1-4H3/t27-,28-,29-,34-,35-,36-,37+,38+,39-/m1/s1. The topological polar surface area (TPSA) is 225 Å². The maximum Gasteiger partial charge on any atom is 0.306 e. The van der Waals surface area contributed by atoms with Crippen molar-refractivity contribution in [3.05, 3.63) is 0 Å². The van der Waals surface area contributed by atoms with E-state index in [2.05, 4.69) is 6.92 Å². The highest BCUT2D eigenvalue weighted by molar-refractivity contribution is 5.72. The van der Waals surface area contributed by atoms with Crippen LogP contribution in [0, 0.1) is 0 Å². The molecule has 0 aromatic heterocycles. The van der Waals surface area contributed by atoms with Crippen molar-refractivity contribution in [3.63, 3.8) is 0 Å². The number of aliphatic hydroxyl groups excluding tert-OH is 5. The second kappa shape index (κ2) is 29.8. The highest BCUT2D eigenvalue weighted by atomic mass is 16.7. The van der Waals surface area contributed by atoms with Gasteiger partial charge in [-0.2, -0.15) is 0 Å². The molecule has 15 nitrogen and oxygen atoms in total. The SMILES string of the molecule is CCCCCCCCC(=O)O[C@@H]1[C@H](OC[C@@H](O)[C@@H](O)[C@H](O)[C@H](O)CO)O[C@H](COC(=O)CCCCC)[C@@H](OC(=O)CCCCC)[C@@H]1OC(=O)CCCCC. The summed E-state index contributed by atoms with van der Waals surface area (Å²) in [6, 6.07) is 0. The van der Waals surface area contributed by atoms with E-state index in [1.54, 1.807) is 0 Å². The number of unbranched alkanes of at least 4 members (excludes halogenated alkanes) is 11. The van der Waals surface area contributed by atoms with E-state index in [4.69, 9.17) is 28.4 Å². The lowest BCUT2D eigenvalue weighted by molar-refractivity contribution is -0.313. The second-order valence-electron chi connectivity index (χ2n) is 14.1. The number of carbonyl (C=O) groups is 4. The summed E-state index contributed by atoms with van der Waals surface area (Å²) >= 11 is 0. The first-order chi connectivity index (χ1) is 25.9. The molecule has 9 atom stereocenters. The van der Waals surface area contributed by atoms with E-state index in [0.717, 1.165) is 70.6 Å². The Kier molecular flexibility index (Phi) is 27.4. The van der Waals surface area contributed by atoms with Crippen molar-refractivity contribution in [2.75, 3.05) is 19.8 Å². The number of carbonyl (C=O) groups excluding carboxylic acids is 4. The number of ether oxygens (including phenoxy) is 6. The number of rotatable bonds is 31. The zero-order valence-electron chi connectivity index (χ0n) is 33.1. The summed E-state index contributed by atoms with van der Waals surface area (Å²) in [5, 5.41) is 50.2. The predicted molar refractivity (Wildman–Crippen MR) is 197 cm³/mol. The van der Waals surface area contributed by atoms with Crippen molar-refractivity contribution >= 4 is 23.9 Å². The van der Waals surface area contributed by atoms with E-state index in [1.807, 2.05) is 20.8 Å². The summed E-state index contributed by atoms with van der Waals surface area (Å²) in [5.74, 6) is -2.50. The van der Waals surface area contributed by atoms with Crippen molar-refractivity contribution in [2.24, 2.45) is 0 Å². The third kappa shape index (κ3) is 20.0. The average Bonchev–Trinajstić information content (AvgIpc) is 3.15. The Labute approximate surface area is 321 Å². The summed E-state index contributed by atoms with van der Waals surface area (Å²) in [7, 11) is 0. The number of esters is 4. The molecule has 0 spiro atoms. The van der Waals surface area contributed by atoms with Gasteiger partial charge in [0.15, 0.2) is 24.6 Å². The third-order valence-electron chi connectivity index (χ3n) is 9.25. The van der Waals surface area contributed by atoms with Crippen molar-refractivity contribution < 1.29 is 73.1 Å². The van der Waals surface area contributed by atoms with E-state index in [9.17, 15) is 44.7 Å². The normalized spacial score (nSPS) is 22.1. The molecular weight excluding hydrogens is 708 g/mol. The van der Waals surface area contributed by atoms with Gasteiger partial charge >= 0.3 is 23.9 Å². The van der Waals surface area contributed by atoms with Crippen LogP contribution >= 0.6 is 0 Å². The lowest BCUT2D eigenvalue weighted by atomic mass is 9.97. The van der Waals surface area contributed by atoms with Gasteiger partial charge in [0.1, 0.15) is 37.1 Å². The molecule has 1 fully saturated rings. The Bertz CT molecular complexity index is 1030. The van der Waals surface area contributed by atoms with Crippen molar-refractivity contribution in [1.82, 2.24) is 0 Å². The number of aliphatic hydroxyl groups is 5. The molecule has 0 aromatic carbocycles. The Hall–Kier alpha value is -2.40. The quantitative estimate of drug-likeness (QED) is 0.0382. The molecular formula is C39H70O15. The van der Waals surface area contributed by atoms with Gasteiger partial charge in [-0.25, -0.2) is 0 Å². The molecule has 0 amide bonds. The molecule has 316 valence electrons. The molecule has 1 aliphatic heterocycles. The highest BCUT2D eigenvalue weighted by Gasteiger charge is 2.53.